The van der Waals surface area contributed by atoms with E-state index >= 15 is 0 Å². The van der Waals surface area contributed by atoms with E-state index in [1.165, 1.54) is 5.56 Å². The Morgan fingerprint density at radius 1 is 1.20 bits per heavy atom. The summed E-state index contributed by atoms with van der Waals surface area (Å²) in [5, 5.41) is 24.2. The molecule has 2 aliphatic rings. The van der Waals surface area contributed by atoms with E-state index in [1.54, 1.807) is 0 Å². The largest absolute Gasteiger partial charge is 0.392 e. The number of hydrogen-bond donors (Lipinski definition) is 3. The third-order valence-electron chi connectivity index (χ3n) is 6.87. The van der Waals surface area contributed by atoms with E-state index in [2.05, 4.69) is 39.0 Å². The van der Waals surface area contributed by atoms with Crippen molar-refractivity contribution in [2.24, 2.45) is 0 Å². The number of fused-ring (bicyclic) bond motifs is 1. The molecular weight excluding hydrogens is 449 g/mol. The number of nitrogens with one attached hydrogen (secondary N) is 1. The van der Waals surface area contributed by atoms with Crippen LogP contribution in [0.15, 0.2) is 30.6 Å². The summed E-state index contributed by atoms with van der Waals surface area (Å²) >= 11 is 0. The number of hydrogen-bond acceptors (Lipinski definition) is 8. The SMILES string of the molecule is CC(C)c1c(CN2CC[C@@H](O)C2)cnc2ccc(-c3nc(N[C@@H]4CCOC[C@H]4O)ncc3F)cc12. The Morgan fingerprint density at radius 3 is 2.80 bits per heavy atom. The summed E-state index contributed by atoms with van der Waals surface area (Å²) in [7, 11) is 0. The minimum absolute atomic E-state index is 0.203. The van der Waals surface area contributed by atoms with Gasteiger partial charge in [-0.25, -0.2) is 14.4 Å². The van der Waals surface area contributed by atoms with Crippen molar-refractivity contribution in [3.8, 4) is 11.3 Å². The molecule has 35 heavy (non-hydrogen) atoms. The molecule has 0 bridgehead atoms. The molecular formula is C26H32FN5O3. The maximum absolute atomic E-state index is 14.9. The summed E-state index contributed by atoms with van der Waals surface area (Å²) in [5.74, 6) is 0.000413. The lowest BCUT2D eigenvalue weighted by atomic mass is 9.92. The molecule has 4 heterocycles. The van der Waals surface area contributed by atoms with Gasteiger partial charge < -0.3 is 20.3 Å². The molecule has 0 saturated carbocycles. The van der Waals surface area contributed by atoms with Gasteiger partial charge in [0.2, 0.25) is 5.95 Å². The molecule has 2 aliphatic heterocycles. The van der Waals surface area contributed by atoms with Gasteiger partial charge in [-0.05, 0) is 42.0 Å². The highest BCUT2D eigenvalue weighted by atomic mass is 19.1. The van der Waals surface area contributed by atoms with Gasteiger partial charge in [-0.1, -0.05) is 19.9 Å². The molecule has 8 nitrogen and oxygen atoms in total. The van der Waals surface area contributed by atoms with Crippen LogP contribution in [0.1, 0.15) is 43.7 Å². The second-order valence-electron chi connectivity index (χ2n) is 9.83. The van der Waals surface area contributed by atoms with Crippen LogP contribution in [0.3, 0.4) is 0 Å². The predicted octanol–water partition coefficient (Wildman–Crippen LogP) is 3.08. The molecule has 0 aliphatic carbocycles. The highest BCUT2D eigenvalue weighted by molar-refractivity contribution is 5.88. The standard InChI is InChI=1S/C26H32FN5O3/c1-15(2)24-17(12-32-7-5-18(33)13-32)10-28-21-4-3-16(9-19(21)24)25-20(27)11-29-26(31-25)30-22-6-8-35-14-23(22)34/h3-4,9-11,15,18,22-23,33-34H,5-8,12-14H2,1-2H3,(H,29,30,31)/t18-,22-,23-/m1/s1. The van der Waals surface area contributed by atoms with E-state index in [0.29, 0.717) is 25.1 Å². The number of pyridine rings is 1. The first-order valence-electron chi connectivity index (χ1n) is 12.3. The number of rotatable bonds is 6. The van der Waals surface area contributed by atoms with Gasteiger partial charge in [0.1, 0.15) is 5.69 Å². The monoisotopic (exact) mass is 481 g/mol. The molecule has 3 aromatic rings. The molecule has 2 saturated heterocycles. The number of β-amino-alcohol motifs (C(OH)–C–C–N with tert-alkyl or cyclic N) is 1. The number of benzene rings is 1. The van der Waals surface area contributed by atoms with E-state index in [-0.39, 0.29) is 36.3 Å². The fraction of sp³-hybridized carbons (Fsp3) is 0.500. The number of likely N-dealkylation sites (tertiary alicyclic amines) is 1. The molecule has 1 aromatic carbocycles. The lowest BCUT2D eigenvalue weighted by Crippen LogP contribution is -2.42. The number of aromatic nitrogens is 3. The maximum Gasteiger partial charge on any atom is 0.223 e. The zero-order valence-electron chi connectivity index (χ0n) is 20.1. The first-order valence-corrected chi connectivity index (χ1v) is 12.3. The van der Waals surface area contributed by atoms with Gasteiger partial charge >= 0.3 is 0 Å². The van der Waals surface area contributed by atoms with Crippen molar-refractivity contribution in [2.75, 3.05) is 31.6 Å². The molecule has 2 fully saturated rings. The van der Waals surface area contributed by atoms with Gasteiger partial charge in [-0.3, -0.25) is 9.88 Å². The lowest BCUT2D eigenvalue weighted by molar-refractivity contribution is -0.0136. The average Bonchev–Trinajstić information content (AvgIpc) is 3.25. The van der Waals surface area contributed by atoms with Crippen molar-refractivity contribution in [1.29, 1.82) is 0 Å². The number of nitrogens with zero attached hydrogens (tertiary/aromatic N) is 4. The molecule has 2 aromatic heterocycles. The quantitative estimate of drug-likeness (QED) is 0.494. The molecule has 3 atom stereocenters. The molecule has 0 radical (unpaired) electrons. The van der Waals surface area contributed by atoms with Crippen LogP contribution in [-0.2, 0) is 11.3 Å². The van der Waals surface area contributed by atoms with Crippen molar-refractivity contribution >= 4 is 16.9 Å². The minimum atomic E-state index is -0.670. The Balaban J connectivity index is 1.50. The van der Waals surface area contributed by atoms with Gasteiger partial charge in [0.05, 0.1) is 36.6 Å². The fourth-order valence-electron chi connectivity index (χ4n) is 5.10. The van der Waals surface area contributed by atoms with Gasteiger partial charge in [-0.15, -0.1) is 0 Å². The molecule has 5 rings (SSSR count). The Hall–Kier alpha value is -2.72. The summed E-state index contributed by atoms with van der Waals surface area (Å²) in [5.41, 5.74) is 3.99. The third kappa shape index (κ3) is 5.13. The summed E-state index contributed by atoms with van der Waals surface area (Å²) < 4.78 is 20.2. The number of aliphatic hydroxyl groups excluding tert-OH is 2. The Labute approximate surface area is 204 Å². The molecule has 0 spiro atoms. The van der Waals surface area contributed by atoms with Crippen molar-refractivity contribution in [2.45, 2.75) is 57.4 Å². The third-order valence-corrected chi connectivity index (χ3v) is 6.87. The van der Waals surface area contributed by atoms with Crippen molar-refractivity contribution in [3.05, 3.63) is 47.5 Å². The van der Waals surface area contributed by atoms with E-state index in [4.69, 9.17) is 4.74 Å². The maximum atomic E-state index is 14.9. The van der Waals surface area contributed by atoms with Crippen molar-refractivity contribution in [3.63, 3.8) is 0 Å². The normalized spacial score (nSPS) is 23.3. The number of halogens is 1. The van der Waals surface area contributed by atoms with Crippen molar-refractivity contribution < 1.29 is 19.3 Å². The van der Waals surface area contributed by atoms with Crippen LogP contribution in [-0.4, -0.2) is 74.6 Å². The second-order valence-corrected chi connectivity index (χ2v) is 9.83. The molecule has 0 amide bonds. The first kappa shape index (κ1) is 24.0. The molecule has 0 unspecified atom stereocenters. The summed E-state index contributed by atoms with van der Waals surface area (Å²) in [6.45, 7) is 7.34. The minimum Gasteiger partial charge on any atom is -0.392 e. The van der Waals surface area contributed by atoms with Crippen molar-refractivity contribution in [1.82, 2.24) is 19.9 Å². The zero-order valence-corrected chi connectivity index (χ0v) is 20.1. The van der Waals surface area contributed by atoms with E-state index in [1.807, 2.05) is 24.4 Å². The molecule has 9 heteroatoms. The van der Waals surface area contributed by atoms with Gasteiger partial charge in [0.15, 0.2) is 5.82 Å². The highest BCUT2D eigenvalue weighted by Crippen LogP contribution is 2.33. The average molecular weight is 482 g/mol. The second kappa shape index (κ2) is 10.1. The van der Waals surface area contributed by atoms with Crippen LogP contribution in [0.2, 0.25) is 0 Å². The topological polar surface area (TPSA) is 104 Å². The summed E-state index contributed by atoms with van der Waals surface area (Å²) in [4.78, 5) is 15.5. The summed E-state index contributed by atoms with van der Waals surface area (Å²) in [6, 6.07) is 5.44. The van der Waals surface area contributed by atoms with Gasteiger partial charge in [-0.2, -0.15) is 0 Å². The van der Waals surface area contributed by atoms with E-state index in [9.17, 15) is 14.6 Å². The smallest absolute Gasteiger partial charge is 0.223 e. The van der Waals surface area contributed by atoms with Crippen LogP contribution in [0.4, 0.5) is 10.3 Å². The van der Waals surface area contributed by atoms with Crippen LogP contribution >= 0.6 is 0 Å². The fourth-order valence-corrected chi connectivity index (χ4v) is 5.10. The summed E-state index contributed by atoms with van der Waals surface area (Å²) in [6.07, 6.45) is 3.55. The van der Waals surface area contributed by atoms with Crippen LogP contribution < -0.4 is 5.32 Å². The first-order chi connectivity index (χ1) is 16.9. The van der Waals surface area contributed by atoms with Crippen LogP contribution in [0, 0.1) is 5.82 Å². The van der Waals surface area contributed by atoms with Gasteiger partial charge in [0, 0.05) is 43.4 Å². The van der Waals surface area contributed by atoms with Gasteiger partial charge in [0.25, 0.3) is 0 Å². The highest BCUT2D eigenvalue weighted by Gasteiger charge is 2.25. The predicted molar refractivity (Wildman–Crippen MR) is 132 cm³/mol. The Kier molecular flexibility index (Phi) is 6.93. The zero-order chi connectivity index (χ0) is 24.5. The van der Waals surface area contributed by atoms with E-state index < -0.39 is 11.9 Å². The number of anilines is 1. The number of aliphatic hydroxyl groups is 2. The lowest BCUT2D eigenvalue weighted by Gasteiger charge is -2.28. The van der Waals surface area contributed by atoms with Crippen LogP contribution in [0.25, 0.3) is 22.2 Å². The van der Waals surface area contributed by atoms with Crippen LogP contribution in [0.5, 0.6) is 0 Å². The Bertz CT molecular complexity index is 1210. The number of ether oxygens (including phenoxy) is 1. The molecule has 3 N–H and O–H groups in total. The van der Waals surface area contributed by atoms with E-state index in [0.717, 1.165) is 42.2 Å². The Morgan fingerprint density at radius 2 is 2.06 bits per heavy atom. The molecule has 186 valence electrons.